The second kappa shape index (κ2) is 4.24. The van der Waals surface area contributed by atoms with Crippen LogP contribution in [0.1, 0.15) is 24.7 Å². The van der Waals surface area contributed by atoms with Gasteiger partial charge >= 0.3 is 0 Å². The summed E-state index contributed by atoms with van der Waals surface area (Å²) in [7, 11) is 0. The highest BCUT2D eigenvalue weighted by molar-refractivity contribution is 6.31. The predicted octanol–water partition coefficient (Wildman–Crippen LogP) is 2.85. The smallest absolute Gasteiger partial charge is 0.131 e. The zero-order valence-electron chi connectivity index (χ0n) is 10.8. The van der Waals surface area contributed by atoms with Crippen molar-refractivity contribution in [2.24, 2.45) is 0 Å². The first-order chi connectivity index (χ1) is 9.70. The van der Waals surface area contributed by atoms with Gasteiger partial charge in [0.1, 0.15) is 5.82 Å². The van der Waals surface area contributed by atoms with Crippen molar-refractivity contribution < 1.29 is 0 Å². The Morgan fingerprint density at radius 3 is 2.90 bits per heavy atom. The summed E-state index contributed by atoms with van der Waals surface area (Å²) in [6.45, 7) is 0.625. The van der Waals surface area contributed by atoms with Crippen LogP contribution in [0.25, 0.3) is 11.0 Å². The Kier molecular flexibility index (Phi) is 2.50. The van der Waals surface area contributed by atoms with Crippen molar-refractivity contribution in [2.45, 2.75) is 25.4 Å². The fourth-order valence-electron chi connectivity index (χ4n) is 2.58. The molecule has 2 N–H and O–H groups in total. The summed E-state index contributed by atoms with van der Waals surface area (Å²) < 4.78 is 4.11. The number of benzene rings is 1. The van der Waals surface area contributed by atoms with E-state index in [4.69, 9.17) is 22.3 Å². The molecule has 4 rings (SSSR count). The minimum absolute atomic E-state index is 0.543. The third kappa shape index (κ3) is 1.94. The summed E-state index contributed by atoms with van der Waals surface area (Å²) in [5, 5.41) is 4.98. The van der Waals surface area contributed by atoms with E-state index in [1.54, 1.807) is 6.20 Å². The molecular weight excluding hydrogens is 274 g/mol. The zero-order valence-corrected chi connectivity index (χ0v) is 11.6. The van der Waals surface area contributed by atoms with E-state index in [-0.39, 0.29) is 0 Å². The third-order valence-corrected chi connectivity index (χ3v) is 3.83. The Labute approximate surface area is 121 Å². The van der Waals surface area contributed by atoms with Gasteiger partial charge in [-0.1, -0.05) is 11.6 Å². The van der Waals surface area contributed by atoms with Crippen LogP contribution in [-0.2, 0) is 6.54 Å². The Morgan fingerprint density at radius 2 is 2.20 bits per heavy atom. The van der Waals surface area contributed by atoms with Crippen molar-refractivity contribution >= 4 is 28.3 Å². The van der Waals surface area contributed by atoms with Crippen LogP contribution in [0.4, 0.5) is 5.69 Å². The van der Waals surface area contributed by atoms with Crippen LogP contribution in [0, 0.1) is 0 Å². The van der Waals surface area contributed by atoms with Gasteiger partial charge in [-0.25, -0.2) is 4.98 Å². The summed E-state index contributed by atoms with van der Waals surface area (Å²) in [5.74, 6) is 1.01. The van der Waals surface area contributed by atoms with Gasteiger partial charge in [0.2, 0.25) is 0 Å². The van der Waals surface area contributed by atoms with E-state index in [9.17, 15) is 0 Å². The van der Waals surface area contributed by atoms with Crippen molar-refractivity contribution in [1.29, 1.82) is 0 Å². The maximum Gasteiger partial charge on any atom is 0.131 e. The van der Waals surface area contributed by atoms with Gasteiger partial charge in [-0.2, -0.15) is 5.10 Å². The van der Waals surface area contributed by atoms with E-state index in [1.807, 2.05) is 29.1 Å². The molecule has 2 heterocycles. The van der Waals surface area contributed by atoms with Gasteiger partial charge in [-0.3, -0.25) is 4.68 Å². The molecule has 0 radical (unpaired) electrons. The number of anilines is 1. The van der Waals surface area contributed by atoms with Gasteiger partial charge in [0.25, 0.3) is 0 Å². The van der Waals surface area contributed by atoms with Crippen molar-refractivity contribution in [3.05, 3.63) is 41.4 Å². The summed E-state index contributed by atoms with van der Waals surface area (Å²) in [5.41, 5.74) is 8.47. The normalized spacial score (nSPS) is 15.1. The molecule has 1 aliphatic carbocycles. The first-order valence-corrected chi connectivity index (χ1v) is 7.03. The van der Waals surface area contributed by atoms with Crippen LogP contribution in [0.3, 0.4) is 0 Å². The van der Waals surface area contributed by atoms with Gasteiger partial charge in [0.15, 0.2) is 0 Å². The molecule has 0 aliphatic heterocycles. The van der Waals surface area contributed by atoms with E-state index in [0.29, 0.717) is 18.3 Å². The Bertz CT molecular complexity index is 784. The monoisotopic (exact) mass is 287 g/mol. The maximum absolute atomic E-state index is 6.11. The average molecular weight is 288 g/mol. The van der Waals surface area contributed by atoms with Crippen LogP contribution in [0.15, 0.2) is 30.6 Å². The van der Waals surface area contributed by atoms with Gasteiger partial charge in [-0.05, 0) is 31.0 Å². The lowest BCUT2D eigenvalue weighted by Crippen LogP contribution is -2.08. The highest BCUT2D eigenvalue weighted by Crippen LogP contribution is 2.39. The summed E-state index contributed by atoms with van der Waals surface area (Å²) in [6, 6.07) is 6.38. The number of rotatable bonds is 3. The number of imidazole rings is 1. The number of aromatic nitrogens is 4. The molecule has 2 aromatic heterocycles. The fraction of sp³-hybridized carbons (Fsp3) is 0.286. The van der Waals surface area contributed by atoms with Crippen molar-refractivity contribution in [3.63, 3.8) is 0 Å². The predicted molar refractivity (Wildman–Crippen MR) is 78.8 cm³/mol. The standard InChI is InChI=1S/C14H14ClN5/c15-9-1-4-12-13(5-9)20(11-2-3-11)14(18-12)8-19-7-10(16)6-17-19/h1,4-7,11H,2-3,8,16H2. The van der Waals surface area contributed by atoms with Crippen LogP contribution in [0.5, 0.6) is 0 Å². The van der Waals surface area contributed by atoms with E-state index in [2.05, 4.69) is 9.67 Å². The second-order valence-electron chi connectivity index (χ2n) is 5.23. The molecule has 1 saturated carbocycles. The van der Waals surface area contributed by atoms with Crippen LogP contribution in [-0.4, -0.2) is 19.3 Å². The van der Waals surface area contributed by atoms with E-state index in [1.165, 1.54) is 12.8 Å². The van der Waals surface area contributed by atoms with Crippen LogP contribution in [0.2, 0.25) is 5.02 Å². The quantitative estimate of drug-likeness (QED) is 0.806. The minimum atomic E-state index is 0.543. The van der Waals surface area contributed by atoms with Crippen molar-refractivity contribution in [3.8, 4) is 0 Å². The number of hydrogen-bond acceptors (Lipinski definition) is 3. The molecule has 20 heavy (non-hydrogen) atoms. The van der Waals surface area contributed by atoms with E-state index >= 15 is 0 Å². The van der Waals surface area contributed by atoms with Crippen molar-refractivity contribution in [1.82, 2.24) is 19.3 Å². The SMILES string of the molecule is Nc1cnn(Cc2nc3ccc(Cl)cc3n2C2CC2)c1. The average Bonchev–Trinajstić information content (AvgIpc) is 3.07. The molecule has 5 nitrogen and oxygen atoms in total. The number of hydrogen-bond donors (Lipinski definition) is 1. The van der Waals surface area contributed by atoms with E-state index < -0.39 is 0 Å². The number of fused-ring (bicyclic) bond motifs is 1. The highest BCUT2D eigenvalue weighted by atomic mass is 35.5. The molecular formula is C14H14ClN5. The Balaban J connectivity index is 1.83. The largest absolute Gasteiger partial charge is 0.396 e. The van der Waals surface area contributed by atoms with Crippen LogP contribution < -0.4 is 5.73 Å². The molecule has 0 bridgehead atoms. The number of nitrogens with zero attached hydrogens (tertiary/aromatic N) is 4. The zero-order chi connectivity index (χ0) is 13.7. The number of nitrogen functional groups attached to an aromatic ring is 1. The van der Waals surface area contributed by atoms with Gasteiger partial charge in [0, 0.05) is 17.3 Å². The molecule has 0 spiro atoms. The van der Waals surface area contributed by atoms with Gasteiger partial charge in [0.05, 0.1) is 29.5 Å². The van der Waals surface area contributed by atoms with Crippen molar-refractivity contribution in [2.75, 3.05) is 5.73 Å². The molecule has 0 unspecified atom stereocenters. The molecule has 0 saturated heterocycles. The third-order valence-electron chi connectivity index (χ3n) is 3.59. The van der Waals surface area contributed by atoms with Crippen LogP contribution >= 0.6 is 11.6 Å². The fourth-order valence-corrected chi connectivity index (χ4v) is 2.75. The topological polar surface area (TPSA) is 61.7 Å². The highest BCUT2D eigenvalue weighted by Gasteiger charge is 2.28. The van der Waals surface area contributed by atoms with Gasteiger partial charge < -0.3 is 10.3 Å². The summed E-state index contributed by atoms with van der Waals surface area (Å²) in [6.07, 6.45) is 5.88. The molecule has 3 aromatic rings. The summed E-state index contributed by atoms with van der Waals surface area (Å²) >= 11 is 6.11. The lowest BCUT2D eigenvalue weighted by Gasteiger charge is -2.07. The molecule has 1 fully saturated rings. The summed E-state index contributed by atoms with van der Waals surface area (Å²) in [4.78, 5) is 4.72. The second-order valence-corrected chi connectivity index (χ2v) is 5.67. The van der Waals surface area contributed by atoms with Gasteiger partial charge in [-0.15, -0.1) is 0 Å². The number of halogens is 1. The Hall–Kier alpha value is -2.01. The Morgan fingerprint density at radius 1 is 1.35 bits per heavy atom. The molecule has 6 heteroatoms. The molecule has 0 amide bonds. The minimum Gasteiger partial charge on any atom is -0.396 e. The molecule has 1 aromatic carbocycles. The number of nitrogens with two attached hydrogens (primary N) is 1. The lowest BCUT2D eigenvalue weighted by atomic mass is 10.3. The van der Waals surface area contributed by atoms with E-state index in [0.717, 1.165) is 21.9 Å². The maximum atomic E-state index is 6.11. The molecule has 1 aliphatic rings. The molecule has 102 valence electrons. The first kappa shape index (κ1) is 11.8. The lowest BCUT2D eigenvalue weighted by molar-refractivity contribution is 0.608. The molecule has 0 atom stereocenters. The first-order valence-electron chi connectivity index (χ1n) is 6.65.